The zero-order valence-corrected chi connectivity index (χ0v) is 12.9. The molecule has 0 saturated carbocycles. The molecule has 0 saturated heterocycles. The maximum absolute atomic E-state index is 12.3. The number of nitro groups is 1. The fraction of sp³-hybridized carbons (Fsp3) is 0.278. The third-order valence-corrected chi connectivity index (χ3v) is 4.31. The summed E-state index contributed by atoms with van der Waals surface area (Å²) in [5.74, 6) is -0.229. The van der Waals surface area contributed by atoms with E-state index >= 15 is 0 Å². The van der Waals surface area contributed by atoms with Gasteiger partial charge >= 0.3 is 0 Å². The van der Waals surface area contributed by atoms with Crippen LogP contribution in [-0.4, -0.2) is 10.8 Å². The number of nitrogens with zero attached hydrogens (tertiary/aromatic N) is 1. The summed E-state index contributed by atoms with van der Waals surface area (Å²) in [7, 11) is 0. The molecule has 0 spiro atoms. The lowest BCUT2D eigenvalue weighted by molar-refractivity contribution is -0.384. The van der Waals surface area contributed by atoms with E-state index in [1.165, 1.54) is 41.8 Å². The smallest absolute Gasteiger partial charge is 0.269 e. The molecule has 1 aliphatic carbocycles. The van der Waals surface area contributed by atoms with E-state index in [0.717, 1.165) is 18.4 Å². The van der Waals surface area contributed by atoms with E-state index < -0.39 is 4.92 Å². The average molecular weight is 310 g/mol. The van der Waals surface area contributed by atoms with E-state index in [2.05, 4.69) is 23.5 Å². The second-order valence-corrected chi connectivity index (χ2v) is 5.88. The zero-order valence-electron chi connectivity index (χ0n) is 12.9. The number of non-ortho nitro benzene ring substituents is 1. The number of hydrogen-bond acceptors (Lipinski definition) is 3. The quantitative estimate of drug-likeness (QED) is 0.693. The van der Waals surface area contributed by atoms with Crippen LogP contribution in [-0.2, 0) is 12.8 Å². The largest absolute Gasteiger partial charge is 0.346 e. The lowest BCUT2D eigenvalue weighted by Gasteiger charge is -2.15. The topological polar surface area (TPSA) is 72.2 Å². The van der Waals surface area contributed by atoms with Gasteiger partial charge < -0.3 is 5.32 Å². The summed E-state index contributed by atoms with van der Waals surface area (Å²) in [6, 6.07) is 11.9. The Hall–Kier alpha value is -2.69. The van der Waals surface area contributed by atoms with Crippen molar-refractivity contribution in [1.29, 1.82) is 0 Å². The Bertz CT molecular complexity index is 753. The Labute approximate surface area is 134 Å². The number of rotatable bonds is 4. The van der Waals surface area contributed by atoms with E-state index in [-0.39, 0.29) is 17.6 Å². The van der Waals surface area contributed by atoms with Crippen molar-refractivity contribution in [3.8, 4) is 0 Å². The molecule has 2 aromatic rings. The van der Waals surface area contributed by atoms with E-state index in [1.807, 2.05) is 6.92 Å². The molecule has 118 valence electrons. The molecule has 0 heterocycles. The van der Waals surface area contributed by atoms with Gasteiger partial charge in [-0.15, -0.1) is 0 Å². The van der Waals surface area contributed by atoms with Gasteiger partial charge in [0, 0.05) is 17.7 Å². The third-order valence-electron chi connectivity index (χ3n) is 4.31. The lowest BCUT2D eigenvalue weighted by atomic mass is 10.0. The monoisotopic (exact) mass is 310 g/mol. The molecule has 0 aliphatic heterocycles. The van der Waals surface area contributed by atoms with Gasteiger partial charge in [-0.25, -0.2) is 0 Å². The maximum Gasteiger partial charge on any atom is 0.269 e. The van der Waals surface area contributed by atoms with Crippen molar-refractivity contribution in [3.63, 3.8) is 0 Å². The lowest BCUT2D eigenvalue weighted by Crippen LogP contribution is -2.26. The van der Waals surface area contributed by atoms with Crippen molar-refractivity contribution in [2.24, 2.45) is 0 Å². The minimum absolute atomic E-state index is 0.0202. The van der Waals surface area contributed by atoms with E-state index in [1.54, 1.807) is 0 Å². The molecule has 3 rings (SSSR count). The van der Waals surface area contributed by atoms with E-state index in [0.29, 0.717) is 5.56 Å². The molecule has 1 amide bonds. The van der Waals surface area contributed by atoms with Crippen molar-refractivity contribution in [1.82, 2.24) is 5.32 Å². The molecule has 23 heavy (non-hydrogen) atoms. The van der Waals surface area contributed by atoms with Gasteiger partial charge in [0.05, 0.1) is 11.0 Å². The Morgan fingerprint density at radius 2 is 1.83 bits per heavy atom. The van der Waals surface area contributed by atoms with Crippen LogP contribution in [0.25, 0.3) is 0 Å². The van der Waals surface area contributed by atoms with Crippen LogP contribution in [0.4, 0.5) is 5.69 Å². The van der Waals surface area contributed by atoms with Crippen LogP contribution < -0.4 is 5.32 Å². The number of hydrogen-bond donors (Lipinski definition) is 1. The minimum Gasteiger partial charge on any atom is -0.346 e. The van der Waals surface area contributed by atoms with Gasteiger partial charge in [0.15, 0.2) is 0 Å². The maximum atomic E-state index is 12.3. The minimum atomic E-state index is -0.477. The number of fused-ring (bicyclic) bond motifs is 1. The molecule has 0 radical (unpaired) electrons. The Balaban J connectivity index is 1.70. The molecule has 5 heteroatoms. The summed E-state index contributed by atoms with van der Waals surface area (Å²) >= 11 is 0. The first kappa shape index (κ1) is 15.2. The molecule has 5 nitrogen and oxygen atoms in total. The fourth-order valence-electron chi connectivity index (χ4n) is 2.96. The summed E-state index contributed by atoms with van der Waals surface area (Å²) in [6.07, 6.45) is 3.44. The molecular formula is C18H18N2O3. The number of carbonyl (C=O) groups is 1. The summed E-state index contributed by atoms with van der Waals surface area (Å²) in [4.78, 5) is 22.4. The third kappa shape index (κ3) is 3.23. The highest BCUT2D eigenvalue weighted by Gasteiger charge is 2.16. The van der Waals surface area contributed by atoms with Crippen LogP contribution in [0.15, 0.2) is 42.5 Å². The van der Waals surface area contributed by atoms with Crippen LogP contribution in [0.2, 0.25) is 0 Å². The fourth-order valence-corrected chi connectivity index (χ4v) is 2.96. The highest BCUT2D eigenvalue weighted by atomic mass is 16.6. The van der Waals surface area contributed by atoms with Crippen LogP contribution in [0.5, 0.6) is 0 Å². The molecule has 1 N–H and O–H groups in total. The zero-order chi connectivity index (χ0) is 16.4. The molecule has 0 unspecified atom stereocenters. The number of nitro benzene ring substituents is 1. The van der Waals surface area contributed by atoms with Gasteiger partial charge in [-0.05, 0) is 55.0 Å². The van der Waals surface area contributed by atoms with Crippen LogP contribution in [0.1, 0.15) is 46.4 Å². The number of aryl methyl sites for hydroxylation is 2. The van der Waals surface area contributed by atoms with Crippen LogP contribution in [0, 0.1) is 10.1 Å². The van der Waals surface area contributed by atoms with Crippen molar-refractivity contribution in [2.75, 3.05) is 0 Å². The highest BCUT2D eigenvalue weighted by Crippen LogP contribution is 2.25. The van der Waals surface area contributed by atoms with Gasteiger partial charge in [0.25, 0.3) is 11.6 Å². The van der Waals surface area contributed by atoms with Crippen LogP contribution in [0.3, 0.4) is 0 Å². The van der Waals surface area contributed by atoms with Crippen molar-refractivity contribution < 1.29 is 9.72 Å². The molecule has 0 aromatic heterocycles. The summed E-state index contributed by atoms with van der Waals surface area (Å²) in [5, 5.41) is 13.6. The number of carbonyl (C=O) groups excluding carboxylic acids is 1. The summed E-state index contributed by atoms with van der Waals surface area (Å²) in [5.41, 5.74) is 4.26. The normalized spacial score (nSPS) is 14.1. The number of nitrogens with one attached hydrogen (secondary N) is 1. The summed E-state index contributed by atoms with van der Waals surface area (Å²) < 4.78 is 0. The first-order chi connectivity index (χ1) is 11.0. The van der Waals surface area contributed by atoms with E-state index in [9.17, 15) is 14.9 Å². The first-order valence-electron chi connectivity index (χ1n) is 7.71. The molecular weight excluding hydrogens is 292 g/mol. The molecule has 0 bridgehead atoms. The highest BCUT2D eigenvalue weighted by molar-refractivity contribution is 5.94. The summed E-state index contributed by atoms with van der Waals surface area (Å²) in [6.45, 7) is 1.94. The predicted molar refractivity (Wildman–Crippen MR) is 87.4 cm³/mol. The Kier molecular flexibility index (Phi) is 4.10. The van der Waals surface area contributed by atoms with Gasteiger partial charge in [0.1, 0.15) is 0 Å². The molecule has 2 aromatic carbocycles. The predicted octanol–water partition coefficient (Wildman–Crippen LogP) is 3.57. The van der Waals surface area contributed by atoms with Crippen molar-refractivity contribution in [3.05, 3.63) is 74.8 Å². The van der Waals surface area contributed by atoms with Crippen molar-refractivity contribution >= 4 is 11.6 Å². The van der Waals surface area contributed by atoms with Crippen molar-refractivity contribution in [2.45, 2.75) is 32.2 Å². The SMILES string of the molecule is C[C@H](NC(=O)c1ccc([N+](=O)[O-])cc1)c1ccc2c(c1)CCC2. The van der Waals surface area contributed by atoms with E-state index in [4.69, 9.17) is 0 Å². The second-order valence-electron chi connectivity index (χ2n) is 5.88. The second kappa shape index (κ2) is 6.20. The first-order valence-corrected chi connectivity index (χ1v) is 7.71. The average Bonchev–Trinajstić information content (AvgIpc) is 3.02. The standard InChI is InChI=1S/C18H18N2O3/c1-12(15-6-5-13-3-2-4-16(13)11-15)19-18(21)14-7-9-17(10-8-14)20(22)23/h5-12H,2-4H2,1H3,(H,19,21)/t12-/m0/s1. The molecule has 1 aliphatic rings. The van der Waals surface area contributed by atoms with Gasteiger partial charge in [0.2, 0.25) is 0 Å². The Morgan fingerprint density at radius 3 is 2.52 bits per heavy atom. The van der Waals surface area contributed by atoms with Gasteiger partial charge in [-0.2, -0.15) is 0 Å². The molecule has 0 fully saturated rings. The Morgan fingerprint density at radius 1 is 1.13 bits per heavy atom. The number of amides is 1. The van der Waals surface area contributed by atoms with Gasteiger partial charge in [-0.1, -0.05) is 18.2 Å². The number of benzene rings is 2. The van der Waals surface area contributed by atoms with Gasteiger partial charge in [-0.3, -0.25) is 14.9 Å². The molecule has 1 atom stereocenters. The van der Waals surface area contributed by atoms with Crippen LogP contribution >= 0.6 is 0 Å².